The Bertz CT molecular complexity index is 1380. The summed E-state index contributed by atoms with van der Waals surface area (Å²) < 4.78 is 28.0. The van der Waals surface area contributed by atoms with Gasteiger partial charge in [0.1, 0.15) is 0 Å². The molecule has 0 bridgehead atoms. The van der Waals surface area contributed by atoms with Gasteiger partial charge in [0.25, 0.3) is 5.69 Å². The number of hydrazone groups is 1. The molecule has 8 nitrogen and oxygen atoms in total. The molecule has 0 spiro atoms. The van der Waals surface area contributed by atoms with Crippen LogP contribution in [0, 0.1) is 10.1 Å². The van der Waals surface area contributed by atoms with Crippen LogP contribution in [-0.2, 0) is 10.0 Å². The maximum atomic E-state index is 12.8. The minimum absolute atomic E-state index is 0.139. The highest BCUT2D eigenvalue weighted by atomic mass is 35.5. The summed E-state index contributed by atoms with van der Waals surface area (Å²) in [6, 6.07) is 17.1. The van der Waals surface area contributed by atoms with Crippen molar-refractivity contribution in [2.75, 3.05) is 11.6 Å². The van der Waals surface area contributed by atoms with E-state index >= 15 is 0 Å². The fourth-order valence-electron chi connectivity index (χ4n) is 3.60. The van der Waals surface area contributed by atoms with Crippen molar-refractivity contribution in [2.24, 2.45) is 5.10 Å². The number of para-hydroxylation sites is 1. The molecule has 1 N–H and O–H groups in total. The summed E-state index contributed by atoms with van der Waals surface area (Å²) >= 11 is 18.5. The first kappa shape index (κ1) is 24.4. The topological polar surface area (TPSA) is 105 Å². The van der Waals surface area contributed by atoms with E-state index in [1.165, 1.54) is 18.2 Å². The number of nitro benzene ring substituents is 1. The summed E-state index contributed by atoms with van der Waals surface area (Å²) in [6.07, 6.45) is 0.389. The highest BCUT2D eigenvalue weighted by Crippen LogP contribution is 2.39. The first-order valence-corrected chi connectivity index (χ1v) is 12.6. The Labute approximate surface area is 210 Å². The minimum atomic E-state index is -4.16. The number of halogens is 3. The van der Waals surface area contributed by atoms with E-state index in [0.717, 1.165) is 11.6 Å². The van der Waals surface area contributed by atoms with Crippen LogP contribution >= 0.6 is 34.8 Å². The van der Waals surface area contributed by atoms with Crippen LogP contribution in [-0.4, -0.2) is 25.6 Å². The summed E-state index contributed by atoms with van der Waals surface area (Å²) in [4.78, 5) is 10.1. The van der Waals surface area contributed by atoms with Crippen molar-refractivity contribution in [1.29, 1.82) is 0 Å². The molecule has 0 aromatic heterocycles. The second-order valence-corrected chi connectivity index (χ2v) is 10.4. The van der Waals surface area contributed by atoms with E-state index in [0.29, 0.717) is 32.9 Å². The molecule has 1 aliphatic rings. The number of nitrogens with zero attached hydrogens (tertiary/aromatic N) is 3. The second kappa shape index (κ2) is 9.89. The number of anilines is 1. The highest BCUT2D eigenvalue weighted by molar-refractivity contribution is 7.89. The standard InChI is InChI=1S/C22H17Cl3N4O4S/c23-15-7-5-14(6-8-15)21-12-17(27-28(21)19-10-9-16(24)11-18(19)25)13-26-34(32,33)22-4-2-1-3-20(22)29(30)31/h1-11,21,26H,12-13H2. The molecule has 34 heavy (non-hydrogen) atoms. The Balaban J connectivity index is 1.63. The molecule has 4 rings (SSSR count). The Morgan fingerprint density at radius 3 is 2.38 bits per heavy atom. The number of rotatable bonds is 7. The smallest absolute Gasteiger partial charge is 0.258 e. The second-order valence-electron chi connectivity index (χ2n) is 7.43. The Hall–Kier alpha value is -2.69. The molecule has 3 aromatic carbocycles. The van der Waals surface area contributed by atoms with Crippen molar-refractivity contribution >= 4 is 61.9 Å². The van der Waals surface area contributed by atoms with Gasteiger partial charge in [-0.2, -0.15) is 5.10 Å². The van der Waals surface area contributed by atoms with Gasteiger partial charge in [0.15, 0.2) is 4.90 Å². The monoisotopic (exact) mass is 538 g/mol. The molecular formula is C22H17Cl3N4O4S. The van der Waals surface area contributed by atoms with Gasteiger partial charge >= 0.3 is 0 Å². The van der Waals surface area contributed by atoms with Gasteiger partial charge in [-0.05, 0) is 42.0 Å². The summed E-state index contributed by atoms with van der Waals surface area (Å²) in [6.45, 7) is -0.139. The lowest BCUT2D eigenvalue weighted by atomic mass is 10.0. The number of nitro groups is 1. The van der Waals surface area contributed by atoms with E-state index < -0.39 is 25.5 Å². The first-order valence-electron chi connectivity index (χ1n) is 9.95. The van der Waals surface area contributed by atoms with Crippen LogP contribution in [0.3, 0.4) is 0 Å². The quantitative estimate of drug-likeness (QED) is 0.300. The van der Waals surface area contributed by atoms with Gasteiger partial charge in [-0.1, -0.05) is 59.1 Å². The lowest BCUT2D eigenvalue weighted by molar-refractivity contribution is -0.387. The molecule has 1 atom stereocenters. The van der Waals surface area contributed by atoms with E-state index in [4.69, 9.17) is 34.8 Å². The maximum Gasteiger partial charge on any atom is 0.289 e. The SMILES string of the molecule is O=[N+]([O-])c1ccccc1S(=O)(=O)NCC1=NN(c2ccc(Cl)cc2Cl)C(c2ccc(Cl)cc2)C1. The van der Waals surface area contributed by atoms with Crippen molar-refractivity contribution < 1.29 is 13.3 Å². The third kappa shape index (κ3) is 5.18. The fraction of sp³-hybridized carbons (Fsp3) is 0.136. The van der Waals surface area contributed by atoms with E-state index in [1.807, 2.05) is 12.1 Å². The summed E-state index contributed by atoms with van der Waals surface area (Å²) in [7, 11) is -4.16. The third-order valence-electron chi connectivity index (χ3n) is 5.20. The van der Waals surface area contributed by atoms with Crippen molar-refractivity contribution in [3.63, 3.8) is 0 Å². The average molecular weight is 540 g/mol. The summed E-state index contributed by atoms with van der Waals surface area (Å²) in [5.74, 6) is 0. The van der Waals surface area contributed by atoms with E-state index in [2.05, 4.69) is 9.82 Å². The molecule has 0 saturated carbocycles. The Kier molecular flexibility index (Phi) is 7.11. The van der Waals surface area contributed by atoms with Crippen molar-refractivity contribution in [3.8, 4) is 0 Å². The van der Waals surface area contributed by atoms with Gasteiger partial charge in [-0.3, -0.25) is 15.1 Å². The molecular weight excluding hydrogens is 523 g/mol. The van der Waals surface area contributed by atoms with Gasteiger partial charge in [0.05, 0.1) is 33.9 Å². The number of hydrogen-bond acceptors (Lipinski definition) is 6. The van der Waals surface area contributed by atoms with Gasteiger partial charge in [0, 0.05) is 22.5 Å². The van der Waals surface area contributed by atoms with E-state index in [-0.39, 0.29) is 12.6 Å². The molecule has 12 heteroatoms. The number of sulfonamides is 1. The highest BCUT2D eigenvalue weighted by Gasteiger charge is 2.32. The predicted molar refractivity (Wildman–Crippen MR) is 133 cm³/mol. The predicted octanol–water partition coefficient (Wildman–Crippen LogP) is 5.84. The van der Waals surface area contributed by atoms with Gasteiger partial charge in [0.2, 0.25) is 10.0 Å². The lowest BCUT2D eigenvalue weighted by Gasteiger charge is -2.25. The third-order valence-corrected chi connectivity index (χ3v) is 7.44. The molecule has 1 aliphatic heterocycles. The van der Waals surface area contributed by atoms with Gasteiger partial charge in [-0.25, -0.2) is 13.1 Å². The zero-order valence-corrected chi connectivity index (χ0v) is 20.4. The van der Waals surface area contributed by atoms with Crippen LogP contribution in [0.25, 0.3) is 0 Å². The largest absolute Gasteiger partial charge is 0.289 e. The van der Waals surface area contributed by atoms with Crippen LogP contribution in [0.1, 0.15) is 18.0 Å². The summed E-state index contributed by atoms with van der Waals surface area (Å²) in [5, 5.41) is 19.0. The van der Waals surface area contributed by atoms with E-state index in [1.54, 1.807) is 35.3 Å². The average Bonchev–Trinajstić information content (AvgIpc) is 3.22. The molecule has 0 amide bonds. The molecule has 0 aliphatic carbocycles. The zero-order chi connectivity index (χ0) is 24.5. The zero-order valence-electron chi connectivity index (χ0n) is 17.4. The number of hydrogen-bond donors (Lipinski definition) is 1. The molecule has 3 aromatic rings. The first-order chi connectivity index (χ1) is 16.2. The fourth-order valence-corrected chi connectivity index (χ4v) is 5.41. The van der Waals surface area contributed by atoms with Gasteiger partial charge in [-0.15, -0.1) is 0 Å². The van der Waals surface area contributed by atoms with Crippen LogP contribution < -0.4 is 9.73 Å². The molecule has 176 valence electrons. The van der Waals surface area contributed by atoms with Crippen LogP contribution in [0.15, 0.2) is 76.7 Å². The van der Waals surface area contributed by atoms with Crippen LogP contribution in [0.4, 0.5) is 11.4 Å². The maximum absolute atomic E-state index is 12.8. The number of benzene rings is 3. The summed E-state index contributed by atoms with van der Waals surface area (Å²) in [5.41, 5.74) is 1.52. The molecule has 1 unspecified atom stereocenters. The van der Waals surface area contributed by atoms with E-state index in [9.17, 15) is 18.5 Å². The minimum Gasteiger partial charge on any atom is -0.258 e. The van der Waals surface area contributed by atoms with Crippen molar-refractivity contribution in [3.05, 3.63) is 97.5 Å². The normalized spacial score (nSPS) is 15.9. The van der Waals surface area contributed by atoms with Crippen LogP contribution in [0.5, 0.6) is 0 Å². The molecule has 1 heterocycles. The van der Waals surface area contributed by atoms with Crippen molar-refractivity contribution in [1.82, 2.24) is 4.72 Å². The van der Waals surface area contributed by atoms with Crippen molar-refractivity contribution in [2.45, 2.75) is 17.4 Å². The Morgan fingerprint density at radius 1 is 1.03 bits per heavy atom. The molecule has 0 radical (unpaired) electrons. The Morgan fingerprint density at radius 2 is 1.71 bits per heavy atom. The lowest BCUT2D eigenvalue weighted by Crippen LogP contribution is -2.29. The van der Waals surface area contributed by atoms with Gasteiger partial charge < -0.3 is 0 Å². The molecule has 0 fully saturated rings. The molecule has 0 saturated heterocycles. The number of nitrogens with one attached hydrogen (secondary N) is 1. The van der Waals surface area contributed by atoms with Crippen LogP contribution in [0.2, 0.25) is 15.1 Å².